The van der Waals surface area contributed by atoms with Crippen LogP contribution in [-0.2, 0) is 18.5 Å². The first-order chi connectivity index (χ1) is 11.3. The van der Waals surface area contributed by atoms with Crippen molar-refractivity contribution in [3.8, 4) is 5.75 Å². The fourth-order valence-corrected chi connectivity index (χ4v) is 4.60. The fraction of sp³-hybridized carbons (Fsp3) is 0.429. The third kappa shape index (κ3) is 2.55. The molecule has 0 radical (unpaired) electrons. The van der Waals surface area contributed by atoms with Crippen molar-refractivity contribution in [2.75, 3.05) is 7.11 Å². The Bertz CT molecular complexity index is 681. The summed E-state index contributed by atoms with van der Waals surface area (Å²) < 4.78 is 5.50. The summed E-state index contributed by atoms with van der Waals surface area (Å²) in [7, 11) is 1.76. The maximum atomic E-state index is 5.50. The smallest absolute Gasteiger partial charge is 0.119 e. The van der Waals surface area contributed by atoms with Crippen molar-refractivity contribution in [3.05, 3.63) is 65.2 Å². The van der Waals surface area contributed by atoms with Gasteiger partial charge in [-0.15, -0.1) is 0 Å². The number of benzene rings is 2. The molecule has 120 valence electrons. The lowest BCUT2D eigenvalue weighted by atomic mass is 9.72. The molecule has 1 fully saturated rings. The summed E-state index contributed by atoms with van der Waals surface area (Å²) in [6, 6.07) is 17.4. The van der Waals surface area contributed by atoms with E-state index in [2.05, 4.69) is 53.8 Å². The van der Waals surface area contributed by atoms with Crippen molar-refractivity contribution >= 4 is 0 Å². The summed E-state index contributed by atoms with van der Waals surface area (Å²) in [6.07, 6.45) is 6.46. The van der Waals surface area contributed by atoms with Crippen LogP contribution in [0.25, 0.3) is 0 Å². The van der Waals surface area contributed by atoms with Crippen LogP contribution in [0.5, 0.6) is 5.75 Å². The van der Waals surface area contributed by atoms with E-state index in [1.165, 1.54) is 48.8 Å². The topological polar surface area (TPSA) is 21.3 Å². The predicted octanol–water partition coefficient (Wildman–Crippen LogP) is 4.43. The van der Waals surface area contributed by atoms with Crippen molar-refractivity contribution in [2.45, 2.75) is 44.2 Å². The molecule has 4 rings (SSSR count). The molecular weight excluding hydrogens is 282 g/mol. The number of rotatable bonds is 4. The van der Waals surface area contributed by atoms with Gasteiger partial charge in [0.1, 0.15) is 5.75 Å². The number of nitrogens with one attached hydrogen (secondary N) is 1. The Hall–Kier alpha value is -1.80. The second-order valence-corrected chi connectivity index (χ2v) is 6.98. The minimum atomic E-state index is 0.137. The molecule has 2 aliphatic carbocycles. The molecule has 23 heavy (non-hydrogen) atoms. The third-order valence-corrected chi connectivity index (χ3v) is 5.79. The van der Waals surface area contributed by atoms with Gasteiger partial charge in [-0.2, -0.15) is 0 Å². The molecule has 0 unspecified atom stereocenters. The summed E-state index contributed by atoms with van der Waals surface area (Å²) in [5.74, 6) is 1.71. The van der Waals surface area contributed by atoms with Gasteiger partial charge in [-0.1, -0.05) is 49.2 Å². The molecule has 2 aromatic rings. The zero-order chi connectivity index (χ0) is 15.7. The van der Waals surface area contributed by atoms with Crippen LogP contribution in [0, 0.1) is 5.92 Å². The van der Waals surface area contributed by atoms with Gasteiger partial charge < -0.3 is 10.1 Å². The molecule has 2 aromatic carbocycles. The largest absolute Gasteiger partial charge is 0.497 e. The molecule has 1 saturated carbocycles. The fourth-order valence-electron chi connectivity index (χ4n) is 4.60. The highest BCUT2D eigenvalue weighted by atomic mass is 16.5. The summed E-state index contributed by atoms with van der Waals surface area (Å²) in [5.41, 5.74) is 4.50. The Balaban J connectivity index is 1.68. The van der Waals surface area contributed by atoms with E-state index in [1.54, 1.807) is 7.11 Å². The lowest BCUT2D eigenvalue weighted by molar-refractivity contribution is 0.157. The van der Waals surface area contributed by atoms with E-state index >= 15 is 0 Å². The maximum Gasteiger partial charge on any atom is 0.119 e. The quantitative estimate of drug-likeness (QED) is 0.902. The molecule has 1 N–H and O–H groups in total. The molecule has 0 aliphatic heterocycles. The average Bonchev–Trinajstić information content (AvgIpc) is 2.94. The van der Waals surface area contributed by atoms with Crippen LogP contribution < -0.4 is 10.1 Å². The first-order valence-electron chi connectivity index (χ1n) is 8.78. The van der Waals surface area contributed by atoms with Crippen molar-refractivity contribution in [2.24, 2.45) is 5.92 Å². The Morgan fingerprint density at radius 3 is 2.83 bits per heavy atom. The van der Waals surface area contributed by atoms with Gasteiger partial charge in [0.25, 0.3) is 0 Å². The van der Waals surface area contributed by atoms with Gasteiger partial charge in [0.2, 0.25) is 0 Å². The monoisotopic (exact) mass is 307 g/mol. The highest BCUT2D eigenvalue weighted by Gasteiger charge is 2.47. The summed E-state index contributed by atoms with van der Waals surface area (Å²) in [4.78, 5) is 0. The van der Waals surface area contributed by atoms with Crippen LogP contribution in [0.2, 0.25) is 0 Å². The number of hydrogen-bond acceptors (Lipinski definition) is 2. The number of methoxy groups -OCH3 is 1. The standard InChI is InChI=1S/C21H25NO/c1-23-19-11-10-17-13-18-9-5-6-12-21(18,20(17)14-19)22-15-16-7-3-2-4-8-16/h2-4,7-8,10-11,14,18,22H,5-6,9,12-13,15H2,1H3/t18-,21+/m0/s1. The van der Waals surface area contributed by atoms with E-state index in [0.29, 0.717) is 0 Å². The molecule has 0 saturated heterocycles. The Morgan fingerprint density at radius 2 is 2.00 bits per heavy atom. The maximum absolute atomic E-state index is 5.50. The summed E-state index contributed by atoms with van der Waals surface area (Å²) in [6.45, 7) is 0.938. The number of hydrogen-bond donors (Lipinski definition) is 1. The molecule has 2 nitrogen and oxygen atoms in total. The van der Waals surface area contributed by atoms with Gasteiger partial charge in [-0.3, -0.25) is 0 Å². The average molecular weight is 307 g/mol. The van der Waals surface area contributed by atoms with Crippen LogP contribution in [0.3, 0.4) is 0 Å². The Kier molecular flexibility index (Phi) is 3.86. The molecule has 0 bridgehead atoms. The van der Waals surface area contributed by atoms with Gasteiger partial charge in [0.05, 0.1) is 7.11 Å². The second-order valence-electron chi connectivity index (χ2n) is 6.98. The predicted molar refractivity (Wildman–Crippen MR) is 93.6 cm³/mol. The molecule has 2 heteroatoms. The van der Waals surface area contributed by atoms with Crippen molar-refractivity contribution in [1.29, 1.82) is 0 Å². The zero-order valence-electron chi connectivity index (χ0n) is 13.8. The van der Waals surface area contributed by atoms with Gasteiger partial charge in [-0.05, 0) is 54.0 Å². The molecular formula is C21H25NO. The number of ether oxygens (including phenoxy) is 1. The molecule has 0 amide bonds. The molecule has 0 spiro atoms. The lowest BCUT2D eigenvalue weighted by Crippen LogP contribution is -2.47. The van der Waals surface area contributed by atoms with Crippen molar-refractivity contribution in [1.82, 2.24) is 5.32 Å². The lowest BCUT2D eigenvalue weighted by Gasteiger charge is -2.41. The SMILES string of the molecule is COc1ccc2c(c1)[C@@]1(NCc3ccccc3)CCCC[C@H]1C2. The molecule has 2 aliphatic rings. The number of fused-ring (bicyclic) bond motifs is 3. The molecule has 0 aromatic heterocycles. The zero-order valence-corrected chi connectivity index (χ0v) is 13.8. The van der Waals surface area contributed by atoms with E-state index < -0.39 is 0 Å². The Labute approximate surface area is 138 Å². The third-order valence-electron chi connectivity index (χ3n) is 5.79. The first-order valence-corrected chi connectivity index (χ1v) is 8.78. The van der Waals surface area contributed by atoms with Crippen LogP contribution in [0.1, 0.15) is 42.4 Å². The molecule has 2 atom stereocenters. The summed E-state index contributed by atoms with van der Waals surface area (Å²) >= 11 is 0. The van der Waals surface area contributed by atoms with E-state index in [0.717, 1.165) is 18.2 Å². The van der Waals surface area contributed by atoms with Crippen LogP contribution >= 0.6 is 0 Å². The van der Waals surface area contributed by atoms with Crippen LogP contribution in [0.15, 0.2) is 48.5 Å². The molecule has 0 heterocycles. The first kappa shape index (κ1) is 14.8. The van der Waals surface area contributed by atoms with Crippen molar-refractivity contribution < 1.29 is 4.74 Å². The van der Waals surface area contributed by atoms with E-state index in [1.807, 2.05) is 0 Å². The summed E-state index contributed by atoms with van der Waals surface area (Å²) in [5, 5.41) is 3.97. The van der Waals surface area contributed by atoms with E-state index in [9.17, 15) is 0 Å². The van der Waals surface area contributed by atoms with Crippen LogP contribution in [-0.4, -0.2) is 7.11 Å². The van der Waals surface area contributed by atoms with Gasteiger partial charge >= 0.3 is 0 Å². The van der Waals surface area contributed by atoms with Gasteiger partial charge in [0, 0.05) is 12.1 Å². The minimum absolute atomic E-state index is 0.137. The second kappa shape index (κ2) is 6.01. The Morgan fingerprint density at radius 1 is 1.13 bits per heavy atom. The minimum Gasteiger partial charge on any atom is -0.497 e. The highest BCUT2D eigenvalue weighted by molar-refractivity contribution is 5.45. The van der Waals surface area contributed by atoms with Gasteiger partial charge in [0.15, 0.2) is 0 Å². The van der Waals surface area contributed by atoms with Gasteiger partial charge in [-0.25, -0.2) is 0 Å². The van der Waals surface area contributed by atoms with Crippen molar-refractivity contribution in [3.63, 3.8) is 0 Å². The normalized spacial score (nSPS) is 25.7. The van der Waals surface area contributed by atoms with Crippen LogP contribution in [0.4, 0.5) is 0 Å². The highest BCUT2D eigenvalue weighted by Crippen LogP contribution is 2.50. The van der Waals surface area contributed by atoms with E-state index in [-0.39, 0.29) is 5.54 Å². The van der Waals surface area contributed by atoms with E-state index in [4.69, 9.17) is 4.74 Å².